The summed E-state index contributed by atoms with van der Waals surface area (Å²) < 4.78 is 18.3. The van der Waals surface area contributed by atoms with Crippen LogP contribution in [0.25, 0.3) is 0 Å². The molecule has 0 aliphatic carbocycles. The van der Waals surface area contributed by atoms with Crippen molar-refractivity contribution in [3.05, 3.63) is 34.6 Å². The topological polar surface area (TPSA) is 55.6 Å². The number of ether oxygens (including phenoxy) is 1. The standard InChI is InChI=1S/C12H16ClFN2O2/c1-16(12(17)11(15)7-18-2)6-8-9(13)4-3-5-10(8)14/h3-5,11H,6-7,15H2,1-2H3. The number of carbonyl (C=O) groups is 1. The van der Waals surface area contributed by atoms with Crippen LogP contribution >= 0.6 is 11.6 Å². The zero-order valence-corrected chi connectivity index (χ0v) is 11.1. The molecule has 0 heterocycles. The van der Waals surface area contributed by atoms with Gasteiger partial charge in [-0.1, -0.05) is 17.7 Å². The Morgan fingerprint density at radius 2 is 2.28 bits per heavy atom. The number of likely N-dealkylation sites (N-methyl/N-ethyl adjacent to an activating group) is 1. The summed E-state index contributed by atoms with van der Waals surface area (Å²) in [6.45, 7) is 0.190. The smallest absolute Gasteiger partial charge is 0.241 e. The summed E-state index contributed by atoms with van der Waals surface area (Å²) in [4.78, 5) is 13.1. The van der Waals surface area contributed by atoms with E-state index >= 15 is 0 Å². The van der Waals surface area contributed by atoms with E-state index in [1.54, 1.807) is 13.1 Å². The van der Waals surface area contributed by atoms with Gasteiger partial charge >= 0.3 is 0 Å². The third-order valence-electron chi connectivity index (χ3n) is 2.50. The van der Waals surface area contributed by atoms with Gasteiger partial charge in [0.25, 0.3) is 0 Å². The zero-order valence-electron chi connectivity index (χ0n) is 10.3. The highest BCUT2D eigenvalue weighted by Gasteiger charge is 2.19. The van der Waals surface area contributed by atoms with Crippen LogP contribution in [0.1, 0.15) is 5.56 Å². The predicted molar refractivity (Wildman–Crippen MR) is 67.7 cm³/mol. The van der Waals surface area contributed by atoms with Gasteiger partial charge in [0.2, 0.25) is 5.91 Å². The molecule has 2 N–H and O–H groups in total. The van der Waals surface area contributed by atoms with E-state index in [4.69, 9.17) is 22.1 Å². The van der Waals surface area contributed by atoms with E-state index in [-0.39, 0.29) is 29.6 Å². The number of nitrogens with zero attached hydrogens (tertiary/aromatic N) is 1. The molecule has 6 heteroatoms. The average Bonchev–Trinajstić information content (AvgIpc) is 2.33. The molecule has 0 fully saturated rings. The summed E-state index contributed by atoms with van der Waals surface area (Å²) in [5.41, 5.74) is 5.89. The van der Waals surface area contributed by atoms with E-state index in [0.717, 1.165) is 0 Å². The normalized spacial score (nSPS) is 12.3. The van der Waals surface area contributed by atoms with Crippen molar-refractivity contribution >= 4 is 17.5 Å². The molecule has 0 aliphatic rings. The molecule has 0 saturated carbocycles. The number of rotatable bonds is 5. The second kappa shape index (κ2) is 6.68. The molecule has 0 aliphatic heterocycles. The molecule has 18 heavy (non-hydrogen) atoms. The van der Waals surface area contributed by atoms with Crippen LogP contribution in [0.5, 0.6) is 0 Å². The van der Waals surface area contributed by atoms with Crippen LogP contribution in [0.4, 0.5) is 4.39 Å². The van der Waals surface area contributed by atoms with Crippen LogP contribution in [-0.2, 0) is 16.1 Å². The van der Waals surface area contributed by atoms with Gasteiger partial charge in [-0.2, -0.15) is 0 Å². The number of halogens is 2. The molecule has 1 unspecified atom stereocenters. The molecule has 1 atom stereocenters. The first kappa shape index (κ1) is 14.9. The number of carbonyl (C=O) groups excluding carboxylic acids is 1. The fourth-order valence-corrected chi connectivity index (χ4v) is 1.76. The summed E-state index contributed by atoms with van der Waals surface area (Å²) in [6, 6.07) is 3.63. The first-order chi connectivity index (χ1) is 8.47. The number of benzene rings is 1. The van der Waals surface area contributed by atoms with Gasteiger partial charge in [0.15, 0.2) is 0 Å². The predicted octanol–water partition coefficient (Wildman–Crippen LogP) is 1.41. The van der Waals surface area contributed by atoms with Crippen molar-refractivity contribution in [2.45, 2.75) is 12.6 Å². The molecule has 4 nitrogen and oxygen atoms in total. The minimum Gasteiger partial charge on any atom is -0.383 e. The molecule has 1 aromatic carbocycles. The summed E-state index contributed by atoms with van der Waals surface area (Å²) in [7, 11) is 3.00. The van der Waals surface area contributed by atoms with Crippen molar-refractivity contribution in [2.24, 2.45) is 5.73 Å². The van der Waals surface area contributed by atoms with Gasteiger partial charge in [0, 0.05) is 31.3 Å². The van der Waals surface area contributed by atoms with Crippen molar-refractivity contribution in [1.29, 1.82) is 0 Å². The van der Waals surface area contributed by atoms with Gasteiger partial charge in [-0.15, -0.1) is 0 Å². The summed E-state index contributed by atoms with van der Waals surface area (Å²) >= 11 is 5.89. The lowest BCUT2D eigenvalue weighted by molar-refractivity contribution is -0.133. The van der Waals surface area contributed by atoms with Gasteiger partial charge in [-0.05, 0) is 12.1 Å². The molecule has 0 bridgehead atoms. The van der Waals surface area contributed by atoms with E-state index < -0.39 is 11.9 Å². The number of amides is 1. The monoisotopic (exact) mass is 274 g/mol. The number of hydrogen-bond acceptors (Lipinski definition) is 3. The Hall–Kier alpha value is -1.17. The van der Waals surface area contributed by atoms with E-state index in [1.807, 2.05) is 0 Å². The largest absolute Gasteiger partial charge is 0.383 e. The Bertz CT molecular complexity index is 408. The average molecular weight is 275 g/mol. The molecule has 0 aromatic heterocycles. The minimum absolute atomic E-state index is 0.0712. The van der Waals surface area contributed by atoms with Crippen molar-refractivity contribution in [3.63, 3.8) is 0 Å². The van der Waals surface area contributed by atoms with Gasteiger partial charge in [-0.25, -0.2) is 4.39 Å². The lowest BCUT2D eigenvalue weighted by Gasteiger charge is -2.21. The van der Waals surface area contributed by atoms with Gasteiger partial charge in [-0.3, -0.25) is 4.79 Å². The van der Waals surface area contributed by atoms with Crippen molar-refractivity contribution in [3.8, 4) is 0 Å². The second-order valence-electron chi connectivity index (χ2n) is 3.96. The Kier molecular flexibility index (Phi) is 5.53. The molecular weight excluding hydrogens is 259 g/mol. The third kappa shape index (κ3) is 3.66. The van der Waals surface area contributed by atoms with Gasteiger partial charge in [0.1, 0.15) is 11.9 Å². The molecule has 0 radical (unpaired) electrons. The number of methoxy groups -OCH3 is 1. The van der Waals surface area contributed by atoms with Crippen molar-refractivity contribution < 1.29 is 13.9 Å². The Labute approximate surface area is 110 Å². The Morgan fingerprint density at radius 1 is 1.61 bits per heavy atom. The SMILES string of the molecule is COCC(N)C(=O)N(C)Cc1c(F)cccc1Cl. The highest BCUT2D eigenvalue weighted by molar-refractivity contribution is 6.31. The molecule has 1 aromatic rings. The molecule has 0 saturated heterocycles. The summed E-state index contributed by atoms with van der Waals surface area (Å²) in [5, 5.41) is 0.287. The van der Waals surface area contributed by atoms with E-state index in [1.165, 1.54) is 24.1 Å². The third-order valence-corrected chi connectivity index (χ3v) is 2.85. The maximum absolute atomic E-state index is 13.5. The molecule has 100 valence electrons. The van der Waals surface area contributed by atoms with Crippen LogP contribution in [0.3, 0.4) is 0 Å². The van der Waals surface area contributed by atoms with Crippen LogP contribution in [-0.4, -0.2) is 37.6 Å². The van der Waals surface area contributed by atoms with Crippen LogP contribution in [0, 0.1) is 5.82 Å². The second-order valence-corrected chi connectivity index (χ2v) is 4.36. The first-order valence-corrected chi connectivity index (χ1v) is 5.77. The Morgan fingerprint density at radius 3 is 2.83 bits per heavy atom. The highest BCUT2D eigenvalue weighted by atomic mass is 35.5. The van der Waals surface area contributed by atoms with Crippen LogP contribution in [0.2, 0.25) is 5.02 Å². The minimum atomic E-state index is -0.759. The van der Waals surface area contributed by atoms with Gasteiger partial charge in [0.05, 0.1) is 6.61 Å². The molecule has 1 amide bonds. The van der Waals surface area contributed by atoms with Crippen LogP contribution in [0.15, 0.2) is 18.2 Å². The lowest BCUT2D eigenvalue weighted by atomic mass is 10.2. The number of nitrogens with two attached hydrogens (primary N) is 1. The summed E-state index contributed by atoms with van der Waals surface area (Å²) in [6.07, 6.45) is 0. The fraction of sp³-hybridized carbons (Fsp3) is 0.417. The molecule has 1 rings (SSSR count). The van der Waals surface area contributed by atoms with E-state index in [9.17, 15) is 9.18 Å². The molecule has 0 spiro atoms. The molecular formula is C12H16ClFN2O2. The van der Waals surface area contributed by atoms with Crippen molar-refractivity contribution in [1.82, 2.24) is 4.90 Å². The maximum Gasteiger partial charge on any atom is 0.241 e. The first-order valence-electron chi connectivity index (χ1n) is 5.39. The highest BCUT2D eigenvalue weighted by Crippen LogP contribution is 2.20. The van der Waals surface area contributed by atoms with Crippen LogP contribution < -0.4 is 5.73 Å². The lowest BCUT2D eigenvalue weighted by Crippen LogP contribution is -2.44. The van der Waals surface area contributed by atoms with E-state index in [2.05, 4.69) is 0 Å². The number of hydrogen-bond donors (Lipinski definition) is 1. The van der Waals surface area contributed by atoms with Gasteiger partial charge < -0.3 is 15.4 Å². The fourth-order valence-electron chi connectivity index (χ4n) is 1.53. The van der Waals surface area contributed by atoms with Crippen molar-refractivity contribution in [2.75, 3.05) is 20.8 Å². The zero-order chi connectivity index (χ0) is 13.7. The quantitative estimate of drug-likeness (QED) is 0.883. The maximum atomic E-state index is 13.5. The Balaban J connectivity index is 2.75. The summed E-state index contributed by atoms with van der Waals surface area (Å²) in [5.74, 6) is -0.765. The van der Waals surface area contributed by atoms with E-state index in [0.29, 0.717) is 0 Å².